The SMILES string of the molecule is O=C(Nc1ccc(F)c(F)c1)c1cn(Cc2ccccc2)nn1. The predicted molar refractivity (Wildman–Crippen MR) is 79.9 cm³/mol. The summed E-state index contributed by atoms with van der Waals surface area (Å²) in [6, 6.07) is 12.7. The summed E-state index contributed by atoms with van der Waals surface area (Å²) in [4.78, 5) is 12.0. The average Bonchev–Trinajstić information content (AvgIpc) is 3.00. The maximum absolute atomic E-state index is 13.1. The summed E-state index contributed by atoms with van der Waals surface area (Å²) in [5.74, 6) is -2.55. The van der Waals surface area contributed by atoms with E-state index in [4.69, 9.17) is 0 Å². The van der Waals surface area contributed by atoms with E-state index in [1.165, 1.54) is 16.9 Å². The van der Waals surface area contributed by atoms with Crippen molar-refractivity contribution in [2.24, 2.45) is 0 Å². The fourth-order valence-electron chi connectivity index (χ4n) is 2.02. The van der Waals surface area contributed by atoms with E-state index in [1.807, 2.05) is 30.3 Å². The Hall–Kier alpha value is -3.09. The summed E-state index contributed by atoms with van der Waals surface area (Å²) in [7, 11) is 0. The number of carbonyl (C=O) groups excluding carboxylic acids is 1. The number of anilines is 1. The zero-order valence-electron chi connectivity index (χ0n) is 11.9. The smallest absolute Gasteiger partial charge is 0.277 e. The standard InChI is InChI=1S/C16H12F2N4O/c17-13-7-6-12(8-14(13)18)19-16(23)15-10-22(21-20-15)9-11-4-2-1-3-5-11/h1-8,10H,9H2,(H,19,23). The molecule has 0 aliphatic carbocycles. The second-order valence-corrected chi connectivity index (χ2v) is 4.87. The third kappa shape index (κ3) is 3.57. The van der Waals surface area contributed by atoms with Gasteiger partial charge in [-0.25, -0.2) is 13.5 Å². The summed E-state index contributed by atoms with van der Waals surface area (Å²) in [6.07, 6.45) is 1.49. The number of carbonyl (C=O) groups is 1. The Morgan fingerprint density at radius 2 is 1.87 bits per heavy atom. The van der Waals surface area contributed by atoms with Crippen molar-refractivity contribution in [2.75, 3.05) is 5.32 Å². The minimum atomic E-state index is -1.03. The van der Waals surface area contributed by atoms with Crippen LogP contribution >= 0.6 is 0 Å². The van der Waals surface area contributed by atoms with Crippen molar-refractivity contribution in [2.45, 2.75) is 6.54 Å². The Balaban J connectivity index is 1.69. The van der Waals surface area contributed by atoms with Gasteiger partial charge >= 0.3 is 0 Å². The van der Waals surface area contributed by atoms with Crippen LogP contribution in [0.15, 0.2) is 54.7 Å². The van der Waals surface area contributed by atoms with Gasteiger partial charge in [0.1, 0.15) is 0 Å². The average molecular weight is 314 g/mol. The van der Waals surface area contributed by atoms with Gasteiger partial charge in [-0.05, 0) is 17.7 Å². The van der Waals surface area contributed by atoms with Gasteiger partial charge in [0.25, 0.3) is 5.91 Å². The van der Waals surface area contributed by atoms with E-state index in [2.05, 4.69) is 15.6 Å². The molecular weight excluding hydrogens is 302 g/mol. The molecule has 0 unspecified atom stereocenters. The zero-order valence-corrected chi connectivity index (χ0v) is 11.9. The highest BCUT2D eigenvalue weighted by molar-refractivity contribution is 6.02. The molecule has 3 rings (SSSR count). The van der Waals surface area contributed by atoms with Gasteiger partial charge in [0.15, 0.2) is 17.3 Å². The van der Waals surface area contributed by atoms with Crippen LogP contribution in [0.25, 0.3) is 0 Å². The van der Waals surface area contributed by atoms with Crippen LogP contribution in [0.3, 0.4) is 0 Å². The first-order valence-electron chi connectivity index (χ1n) is 6.82. The Labute approximate surface area is 130 Å². The lowest BCUT2D eigenvalue weighted by Crippen LogP contribution is -2.12. The number of nitrogens with one attached hydrogen (secondary N) is 1. The second kappa shape index (κ2) is 6.35. The third-order valence-corrected chi connectivity index (χ3v) is 3.14. The van der Waals surface area contributed by atoms with E-state index < -0.39 is 17.5 Å². The normalized spacial score (nSPS) is 10.5. The highest BCUT2D eigenvalue weighted by Crippen LogP contribution is 2.14. The van der Waals surface area contributed by atoms with Crippen LogP contribution < -0.4 is 5.32 Å². The fourth-order valence-corrected chi connectivity index (χ4v) is 2.02. The molecule has 2 aromatic carbocycles. The topological polar surface area (TPSA) is 59.8 Å². The molecule has 1 amide bonds. The molecular formula is C16H12F2N4O. The second-order valence-electron chi connectivity index (χ2n) is 4.87. The molecule has 5 nitrogen and oxygen atoms in total. The lowest BCUT2D eigenvalue weighted by atomic mass is 10.2. The molecule has 0 bridgehead atoms. The van der Waals surface area contributed by atoms with Crippen molar-refractivity contribution < 1.29 is 13.6 Å². The molecule has 1 N–H and O–H groups in total. The van der Waals surface area contributed by atoms with Gasteiger partial charge in [0.2, 0.25) is 0 Å². The Morgan fingerprint density at radius 1 is 1.09 bits per heavy atom. The highest BCUT2D eigenvalue weighted by atomic mass is 19.2. The van der Waals surface area contributed by atoms with Crippen LogP contribution in [-0.4, -0.2) is 20.9 Å². The molecule has 0 radical (unpaired) electrons. The zero-order chi connectivity index (χ0) is 16.2. The quantitative estimate of drug-likeness (QED) is 0.805. The molecule has 7 heteroatoms. The molecule has 1 aromatic heterocycles. The molecule has 1 heterocycles. The van der Waals surface area contributed by atoms with Crippen LogP contribution in [0.4, 0.5) is 14.5 Å². The predicted octanol–water partition coefficient (Wildman–Crippen LogP) is 2.86. The van der Waals surface area contributed by atoms with E-state index in [-0.39, 0.29) is 11.4 Å². The first kappa shape index (κ1) is 14.8. The van der Waals surface area contributed by atoms with Gasteiger partial charge < -0.3 is 5.32 Å². The number of aromatic nitrogens is 3. The van der Waals surface area contributed by atoms with Crippen molar-refractivity contribution in [3.05, 3.63) is 77.6 Å². The molecule has 116 valence electrons. The number of rotatable bonds is 4. The molecule has 23 heavy (non-hydrogen) atoms. The van der Waals surface area contributed by atoms with Crippen LogP contribution in [-0.2, 0) is 6.54 Å². The maximum atomic E-state index is 13.1. The molecule has 3 aromatic rings. The molecule has 0 aliphatic heterocycles. The number of hydrogen-bond acceptors (Lipinski definition) is 3. The van der Waals surface area contributed by atoms with E-state index in [0.29, 0.717) is 6.54 Å². The monoisotopic (exact) mass is 314 g/mol. The van der Waals surface area contributed by atoms with Crippen molar-refractivity contribution in [3.63, 3.8) is 0 Å². The van der Waals surface area contributed by atoms with Gasteiger partial charge in [-0.15, -0.1) is 5.10 Å². The molecule has 0 aliphatic rings. The summed E-state index contributed by atoms with van der Waals surface area (Å²) < 4.78 is 27.5. The number of halogens is 2. The Kier molecular flexibility index (Phi) is 4.09. The van der Waals surface area contributed by atoms with Crippen LogP contribution in [0, 0.1) is 11.6 Å². The summed E-state index contributed by atoms with van der Waals surface area (Å²) in [6.45, 7) is 0.478. The first-order valence-corrected chi connectivity index (χ1v) is 6.82. The third-order valence-electron chi connectivity index (χ3n) is 3.14. The number of benzene rings is 2. The van der Waals surface area contributed by atoms with Gasteiger partial charge in [-0.2, -0.15) is 0 Å². The molecule has 0 spiro atoms. The van der Waals surface area contributed by atoms with Crippen LogP contribution in [0.5, 0.6) is 0 Å². The maximum Gasteiger partial charge on any atom is 0.277 e. The fraction of sp³-hybridized carbons (Fsp3) is 0.0625. The van der Waals surface area contributed by atoms with Crippen molar-refractivity contribution in [1.82, 2.24) is 15.0 Å². The van der Waals surface area contributed by atoms with Crippen molar-refractivity contribution in [1.29, 1.82) is 0 Å². The Bertz CT molecular complexity index is 833. The van der Waals surface area contributed by atoms with Gasteiger partial charge in [0, 0.05) is 11.8 Å². The largest absolute Gasteiger partial charge is 0.320 e. The summed E-state index contributed by atoms with van der Waals surface area (Å²) >= 11 is 0. The number of hydrogen-bond donors (Lipinski definition) is 1. The van der Waals surface area contributed by atoms with Crippen molar-refractivity contribution in [3.8, 4) is 0 Å². The summed E-state index contributed by atoms with van der Waals surface area (Å²) in [5, 5.41) is 10.1. The minimum absolute atomic E-state index is 0.0886. The van der Waals surface area contributed by atoms with Crippen LogP contribution in [0.1, 0.15) is 16.1 Å². The molecule has 0 saturated heterocycles. The van der Waals surface area contributed by atoms with E-state index >= 15 is 0 Å². The lowest BCUT2D eigenvalue weighted by molar-refractivity contribution is 0.102. The number of nitrogens with zero attached hydrogens (tertiary/aromatic N) is 3. The van der Waals surface area contributed by atoms with E-state index in [0.717, 1.165) is 17.7 Å². The highest BCUT2D eigenvalue weighted by Gasteiger charge is 2.12. The molecule has 0 saturated carbocycles. The minimum Gasteiger partial charge on any atom is -0.320 e. The Morgan fingerprint density at radius 3 is 2.61 bits per heavy atom. The van der Waals surface area contributed by atoms with Gasteiger partial charge in [0.05, 0.1) is 12.7 Å². The van der Waals surface area contributed by atoms with E-state index in [1.54, 1.807) is 0 Å². The molecule has 0 atom stereocenters. The lowest BCUT2D eigenvalue weighted by Gasteiger charge is -2.03. The summed E-state index contributed by atoms with van der Waals surface area (Å²) in [5.41, 5.74) is 1.25. The van der Waals surface area contributed by atoms with Crippen molar-refractivity contribution >= 4 is 11.6 Å². The van der Waals surface area contributed by atoms with Crippen LogP contribution in [0.2, 0.25) is 0 Å². The van der Waals surface area contributed by atoms with E-state index in [9.17, 15) is 13.6 Å². The van der Waals surface area contributed by atoms with Gasteiger partial charge in [-0.1, -0.05) is 35.5 Å². The molecule has 0 fully saturated rings. The first-order chi connectivity index (χ1) is 11.1. The van der Waals surface area contributed by atoms with Gasteiger partial charge in [-0.3, -0.25) is 4.79 Å². The number of amides is 1.